The molecule has 1 atom stereocenters. The first-order valence-corrected chi connectivity index (χ1v) is 5.55. The van der Waals surface area contributed by atoms with E-state index in [9.17, 15) is 0 Å². The Balaban J connectivity index is 3.32. The lowest BCUT2D eigenvalue weighted by atomic mass is 10.1. The van der Waals surface area contributed by atoms with Crippen molar-refractivity contribution in [3.63, 3.8) is 0 Å². The van der Waals surface area contributed by atoms with Gasteiger partial charge in [-0.15, -0.1) is 11.6 Å². The van der Waals surface area contributed by atoms with Crippen molar-refractivity contribution in [2.24, 2.45) is 5.92 Å². The van der Waals surface area contributed by atoms with E-state index in [-0.39, 0.29) is 0 Å². The summed E-state index contributed by atoms with van der Waals surface area (Å²) in [5.41, 5.74) is 0. The average molecular weight is 192 g/mol. The number of unbranched alkanes of at least 4 members (excludes halogenated alkanes) is 2. The molecule has 0 rings (SSSR count). The van der Waals surface area contributed by atoms with Crippen molar-refractivity contribution in [3.05, 3.63) is 0 Å². The van der Waals surface area contributed by atoms with Crippen LogP contribution >= 0.6 is 11.6 Å². The van der Waals surface area contributed by atoms with Gasteiger partial charge in [-0.25, -0.2) is 0 Å². The molecule has 2 heteroatoms. The highest BCUT2D eigenvalue weighted by molar-refractivity contribution is 6.18. The minimum atomic E-state index is 0.489. The highest BCUT2D eigenvalue weighted by Gasteiger charge is 2.09. The molecule has 74 valence electrons. The third-order valence-corrected chi connectivity index (χ3v) is 2.49. The largest absolute Gasteiger partial charge is 0.313 e. The predicted octanol–water partition coefficient (Wildman–Crippen LogP) is 3.03. The standard InChI is InChI=1S/C10H22ClN/c1-4-5-6-7-12-10(8-11)9(2)3/h9-10,12H,4-8H2,1-3H3. The van der Waals surface area contributed by atoms with Crippen LogP contribution in [0.1, 0.15) is 40.0 Å². The SMILES string of the molecule is CCCCCNC(CCl)C(C)C. The number of alkyl halides is 1. The summed E-state index contributed by atoms with van der Waals surface area (Å²) in [5.74, 6) is 1.37. The Labute approximate surface area is 81.9 Å². The van der Waals surface area contributed by atoms with Gasteiger partial charge in [0, 0.05) is 11.9 Å². The minimum Gasteiger partial charge on any atom is -0.313 e. The second kappa shape index (κ2) is 7.88. The number of halogens is 1. The monoisotopic (exact) mass is 191 g/mol. The molecule has 0 aliphatic heterocycles. The van der Waals surface area contributed by atoms with Crippen LogP contribution in [0.25, 0.3) is 0 Å². The van der Waals surface area contributed by atoms with Crippen molar-refractivity contribution >= 4 is 11.6 Å². The van der Waals surface area contributed by atoms with Crippen molar-refractivity contribution < 1.29 is 0 Å². The number of hydrogen-bond acceptors (Lipinski definition) is 1. The number of hydrogen-bond donors (Lipinski definition) is 1. The predicted molar refractivity (Wildman–Crippen MR) is 56.9 cm³/mol. The fraction of sp³-hybridized carbons (Fsp3) is 1.00. The first-order chi connectivity index (χ1) is 5.72. The van der Waals surface area contributed by atoms with Crippen LogP contribution in [0.3, 0.4) is 0 Å². The smallest absolute Gasteiger partial charge is 0.0379 e. The third kappa shape index (κ3) is 5.84. The van der Waals surface area contributed by atoms with Gasteiger partial charge in [-0.05, 0) is 18.9 Å². The van der Waals surface area contributed by atoms with Gasteiger partial charge in [-0.2, -0.15) is 0 Å². The van der Waals surface area contributed by atoms with Crippen molar-refractivity contribution in [3.8, 4) is 0 Å². The molecule has 0 fully saturated rings. The van der Waals surface area contributed by atoms with Crippen LogP contribution < -0.4 is 5.32 Å². The minimum absolute atomic E-state index is 0.489. The normalized spacial score (nSPS) is 13.8. The zero-order valence-electron chi connectivity index (χ0n) is 8.57. The second-order valence-corrected chi connectivity index (χ2v) is 3.97. The number of rotatable bonds is 7. The van der Waals surface area contributed by atoms with E-state index in [1.807, 2.05) is 0 Å². The van der Waals surface area contributed by atoms with Gasteiger partial charge in [0.2, 0.25) is 0 Å². The molecule has 0 bridgehead atoms. The van der Waals surface area contributed by atoms with Gasteiger partial charge in [0.1, 0.15) is 0 Å². The van der Waals surface area contributed by atoms with E-state index in [2.05, 4.69) is 26.1 Å². The molecule has 0 aliphatic rings. The summed E-state index contributed by atoms with van der Waals surface area (Å²) in [7, 11) is 0. The van der Waals surface area contributed by atoms with E-state index in [1.165, 1.54) is 19.3 Å². The lowest BCUT2D eigenvalue weighted by Gasteiger charge is -2.19. The van der Waals surface area contributed by atoms with Crippen molar-refractivity contribution in [2.75, 3.05) is 12.4 Å². The zero-order chi connectivity index (χ0) is 9.40. The highest BCUT2D eigenvalue weighted by atomic mass is 35.5. The molecule has 0 heterocycles. The second-order valence-electron chi connectivity index (χ2n) is 3.67. The summed E-state index contributed by atoms with van der Waals surface area (Å²) in [6.07, 6.45) is 3.88. The van der Waals surface area contributed by atoms with E-state index in [4.69, 9.17) is 11.6 Å². The van der Waals surface area contributed by atoms with Gasteiger partial charge in [-0.1, -0.05) is 33.6 Å². The summed E-state index contributed by atoms with van der Waals surface area (Å²) in [5, 5.41) is 3.47. The molecule has 1 nitrogen and oxygen atoms in total. The van der Waals surface area contributed by atoms with Crippen LogP contribution in [-0.4, -0.2) is 18.5 Å². The van der Waals surface area contributed by atoms with Crippen LogP contribution in [0.2, 0.25) is 0 Å². The molecular formula is C10H22ClN. The highest BCUT2D eigenvalue weighted by Crippen LogP contribution is 2.03. The van der Waals surface area contributed by atoms with E-state index < -0.39 is 0 Å². The molecule has 0 aliphatic carbocycles. The molecule has 0 saturated heterocycles. The molecule has 0 radical (unpaired) electrons. The molecule has 0 aromatic carbocycles. The molecule has 0 aromatic heterocycles. The van der Waals surface area contributed by atoms with Crippen LogP contribution in [0, 0.1) is 5.92 Å². The van der Waals surface area contributed by atoms with Crippen LogP contribution in [0.15, 0.2) is 0 Å². The van der Waals surface area contributed by atoms with Gasteiger partial charge in [-0.3, -0.25) is 0 Å². The molecule has 0 amide bonds. The first-order valence-electron chi connectivity index (χ1n) is 5.01. The third-order valence-electron chi connectivity index (χ3n) is 2.16. The molecule has 1 N–H and O–H groups in total. The summed E-state index contributed by atoms with van der Waals surface area (Å²) in [4.78, 5) is 0. The molecule has 0 spiro atoms. The van der Waals surface area contributed by atoms with Crippen LogP contribution in [-0.2, 0) is 0 Å². The Morgan fingerprint density at radius 3 is 2.33 bits per heavy atom. The van der Waals surface area contributed by atoms with Gasteiger partial charge >= 0.3 is 0 Å². The van der Waals surface area contributed by atoms with Gasteiger partial charge in [0.25, 0.3) is 0 Å². The van der Waals surface area contributed by atoms with Crippen molar-refractivity contribution in [1.29, 1.82) is 0 Å². The summed E-state index contributed by atoms with van der Waals surface area (Å²) in [6, 6.07) is 0.489. The van der Waals surface area contributed by atoms with E-state index in [1.54, 1.807) is 0 Å². The summed E-state index contributed by atoms with van der Waals surface area (Å²) in [6.45, 7) is 7.75. The van der Waals surface area contributed by atoms with Crippen LogP contribution in [0.4, 0.5) is 0 Å². The van der Waals surface area contributed by atoms with Crippen molar-refractivity contribution in [1.82, 2.24) is 5.32 Å². The molecule has 0 aromatic rings. The zero-order valence-corrected chi connectivity index (χ0v) is 9.32. The Bertz CT molecular complexity index is 93.8. The quantitative estimate of drug-likeness (QED) is 0.482. The maximum Gasteiger partial charge on any atom is 0.0379 e. The van der Waals surface area contributed by atoms with Crippen molar-refractivity contribution in [2.45, 2.75) is 46.1 Å². The first kappa shape index (κ1) is 12.2. The molecule has 1 unspecified atom stereocenters. The Kier molecular flexibility index (Phi) is 8.04. The maximum atomic E-state index is 5.81. The molecule has 0 saturated carbocycles. The lowest BCUT2D eigenvalue weighted by molar-refractivity contribution is 0.425. The van der Waals surface area contributed by atoms with E-state index in [0.717, 1.165) is 12.4 Å². The fourth-order valence-electron chi connectivity index (χ4n) is 1.13. The van der Waals surface area contributed by atoms with Crippen LogP contribution in [0.5, 0.6) is 0 Å². The maximum absolute atomic E-state index is 5.81. The van der Waals surface area contributed by atoms with Gasteiger partial charge < -0.3 is 5.32 Å². The average Bonchev–Trinajstić information content (AvgIpc) is 2.04. The van der Waals surface area contributed by atoms with E-state index in [0.29, 0.717) is 12.0 Å². The Morgan fingerprint density at radius 2 is 1.92 bits per heavy atom. The Morgan fingerprint density at radius 1 is 1.25 bits per heavy atom. The van der Waals surface area contributed by atoms with Gasteiger partial charge in [0.05, 0.1) is 0 Å². The molecular weight excluding hydrogens is 170 g/mol. The molecule has 12 heavy (non-hydrogen) atoms. The topological polar surface area (TPSA) is 12.0 Å². The van der Waals surface area contributed by atoms with E-state index >= 15 is 0 Å². The number of nitrogens with one attached hydrogen (secondary N) is 1. The lowest BCUT2D eigenvalue weighted by Crippen LogP contribution is -2.35. The summed E-state index contributed by atoms with van der Waals surface area (Å²) < 4.78 is 0. The Hall–Kier alpha value is 0.250. The summed E-state index contributed by atoms with van der Waals surface area (Å²) >= 11 is 5.81. The fourth-order valence-corrected chi connectivity index (χ4v) is 1.60. The van der Waals surface area contributed by atoms with Gasteiger partial charge in [0.15, 0.2) is 0 Å².